The summed E-state index contributed by atoms with van der Waals surface area (Å²) >= 11 is 5.91. The monoisotopic (exact) mass is 361 g/mol. The van der Waals surface area contributed by atoms with Crippen LogP contribution < -0.4 is 10.7 Å². The van der Waals surface area contributed by atoms with Crippen LogP contribution in [0.5, 0.6) is 0 Å². The van der Waals surface area contributed by atoms with Crippen LogP contribution in [-0.2, 0) is 0 Å². The molecule has 6 heteroatoms. The van der Waals surface area contributed by atoms with E-state index in [4.69, 9.17) is 11.6 Å². The fraction of sp³-hybridized carbons (Fsp3) is 0.421. The molecule has 1 N–H and O–H groups in total. The van der Waals surface area contributed by atoms with E-state index in [1.54, 1.807) is 35.9 Å². The summed E-state index contributed by atoms with van der Waals surface area (Å²) < 4.78 is 1.58. The molecule has 1 unspecified atom stereocenters. The van der Waals surface area contributed by atoms with Crippen molar-refractivity contribution < 1.29 is 4.79 Å². The SMILES string of the molecule is CCCCCC(C)NC(=O)c1nn(-c2ccc(Cl)cc2)c(C)cc1=O. The van der Waals surface area contributed by atoms with Crippen LogP contribution in [0.4, 0.5) is 0 Å². The van der Waals surface area contributed by atoms with E-state index in [0.717, 1.165) is 31.4 Å². The van der Waals surface area contributed by atoms with Crippen LogP contribution in [0, 0.1) is 6.92 Å². The Morgan fingerprint density at radius 3 is 2.60 bits per heavy atom. The number of carbonyl (C=O) groups is 1. The van der Waals surface area contributed by atoms with Gasteiger partial charge in [0.25, 0.3) is 5.91 Å². The Morgan fingerprint density at radius 1 is 1.28 bits per heavy atom. The zero-order valence-corrected chi connectivity index (χ0v) is 15.6. The van der Waals surface area contributed by atoms with Crippen LogP contribution in [0.1, 0.15) is 55.7 Å². The normalized spacial score (nSPS) is 12.0. The van der Waals surface area contributed by atoms with Gasteiger partial charge in [0.2, 0.25) is 5.43 Å². The molecule has 0 saturated heterocycles. The lowest BCUT2D eigenvalue weighted by molar-refractivity contribution is 0.0930. The van der Waals surface area contributed by atoms with Gasteiger partial charge in [-0.3, -0.25) is 9.59 Å². The number of halogens is 1. The molecule has 1 amide bonds. The molecule has 2 aromatic rings. The number of nitrogens with one attached hydrogen (secondary N) is 1. The first-order valence-corrected chi connectivity index (χ1v) is 8.98. The number of hydrogen-bond donors (Lipinski definition) is 1. The molecule has 134 valence electrons. The maximum atomic E-state index is 12.4. The Labute approximate surface area is 153 Å². The first-order valence-electron chi connectivity index (χ1n) is 8.60. The highest BCUT2D eigenvalue weighted by molar-refractivity contribution is 6.30. The van der Waals surface area contributed by atoms with E-state index in [0.29, 0.717) is 10.7 Å². The summed E-state index contributed by atoms with van der Waals surface area (Å²) in [5, 5.41) is 7.75. The molecular formula is C19H24ClN3O2. The van der Waals surface area contributed by atoms with E-state index in [2.05, 4.69) is 17.3 Å². The van der Waals surface area contributed by atoms with E-state index in [9.17, 15) is 9.59 Å². The number of benzene rings is 1. The molecule has 0 aliphatic carbocycles. The highest BCUT2D eigenvalue weighted by Crippen LogP contribution is 2.14. The molecule has 1 aromatic heterocycles. The minimum Gasteiger partial charge on any atom is -0.348 e. The summed E-state index contributed by atoms with van der Waals surface area (Å²) in [6.07, 6.45) is 4.20. The van der Waals surface area contributed by atoms with Crippen LogP contribution in [0.15, 0.2) is 35.1 Å². The number of aryl methyl sites for hydroxylation is 1. The second-order valence-electron chi connectivity index (χ2n) is 6.26. The molecule has 0 saturated carbocycles. The number of rotatable bonds is 7. The molecule has 0 radical (unpaired) electrons. The number of hydrogen-bond acceptors (Lipinski definition) is 3. The third-order valence-electron chi connectivity index (χ3n) is 4.01. The van der Waals surface area contributed by atoms with Crippen molar-refractivity contribution in [3.8, 4) is 5.69 Å². The van der Waals surface area contributed by atoms with Crippen molar-refractivity contribution in [1.29, 1.82) is 0 Å². The van der Waals surface area contributed by atoms with Gasteiger partial charge in [0.1, 0.15) is 0 Å². The molecule has 5 nitrogen and oxygen atoms in total. The third kappa shape index (κ3) is 5.16. The number of nitrogens with zero attached hydrogens (tertiary/aromatic N) is 2. The van der Waals surface area contributed by atoms with Gasteiger partial charge in [0.05, 0.1) is 5.69 Å². The van der Waals surface area contributed by atoms with Gasteiger partial charge in [0.15, 0.2) is 5.69 Å². The van der Waals surface area contributed by atoms with Crippen LogP contribution >= 0.6 is 11.6 Å². The molecule has 1 heterocycles. The minimum absolute atomic E-state index is 0.00512. The Balaban J connectivity index is 2.23. The van der Waals surface area contributed by atoms with Gasteiger partial charge in [0, 0.05) is 22.8 Å². The molecule has 25 heavy (non-hydrogen) atoms. The van der Waals surface area contributed by atoms with E-state index in [-0.39, 0.29) is 17.2 Å². The highest BCUT2D eigenvalue weighted by atomic mass is 35.5. The van der Waals surface area contributed by atoms with Crippen molar-refractivity contribution in [3.63, 3.8) is 0 Å². The molecule has 1 atom stereocenters. The average Bonchev–Trinajstić information content (AvgIpc) is 2.56. The van der Waals surface area contributed by atoms with Gasteiger partial charge >= 0.3 is 0 Å². The Morgan fingerprint density at radius 2 is 1.96 bits per heavy atom. The summed E-state index contributed by atoms with van der Waals surface area (Å²) in [5.74, 6) is -0.434. The van der Waals surface area contributed by atoms with Gasteiger partial charge < -0.3 is 5.32 Å². The summed E-state index contributed by atoms with van der Waals surface area (Å²) in [5.41, 5.74) is 0.927. The fourth-order valence-corrected chi connectivity index (χ4v) is 2.74. The summed E-state index contributed by atoms with van der Waals surface area (Å²) in [6.45, 7) is 5.86. The molecule has 0 spiro atoms. The van der Waals surface area contributed by atoms with E-state index in [1.807, 2.05) is 6.92 Å². The van der Waals surface area contributed by atoms with Gasteiger partial charge in [-0.05, 0) is 44.5 Å². The molecule has 0 bridgehead atoms. The second kappa shape index (κ2) is 8.81. The van der Waals surface area contributed by atoms with E-state index in [1.165, 1.54) is 6.07 Å². The van der Waals surface area contributed by atoms with Crippen molar-refractivity contribution in [2.45, 2.75) is 52.5 Å². The quantitative estimate of drug-likeness (QED) is 0.761. The van der Waals surface area contributed by atoms with Crippen LogP contribution in [0.3, 0.4) is 0 Å². The standard InChI is InChI=1S/C19H24ClN3O2/c1-4-5-6-7-13(2)21-19(25)18-17(24)12-14(3)23(22-18)16-10-8-15(20)9-11-16/h8-13H,4-7H2,1-3H3,(H,21,25). The predicted molar refractivity (Wildman–Crippen MR) is 101 cm³/mol. The van der Waals surface area contributed by atoms with Gasteiger partial charge in [-0.25, -0.2) is 4.68 Å². The smallest absolute Gasteiger partial charge is 0.276 e. The van der Waals surface area contributed by atoms with E-state index < -0.39 is 5.91 Å². The average molecular weight is 362 g/mol. The number of amides is 1. The van der Waals surface area contributed by atoms with Gasteiger partial charge in [-0.1, -0.05) is 37.8 Å². The first-order chi connectivity index (χ1) is 11.9. The molecule has 0 aliphatic heterocycles. The predicted octanol–water partition coefficient (Wildman–Crippen LogP) is 3.89. The van der Waals surface area contributed by atoms with Crippen molar-refractivity contribution >= 4 is 17.5 Å². The van der Waals surface area contributed by atoms with Crippen molar-refractivity contribution in [2.24, 2.45) is 0 Å². The molecular weight excluding hydrogens is 338 g/mol. The van der Waals surface area contributed by atoms with Crippen molar-refractivity contribution in [2.75, 3.05) is 0 Å². The zero-order chi connectivity index (χ0) is 18.4. The molecule has 1 aromatic carbocycles. The van der Waals surface area contributed by atoms with Gasteiger partial charge in [-0.2, -0.15) is 5.10 Å². The largest absolute Gasteiger partial charge is 0.348 e. The van der Waals surface area contributed by atoms with E-state index >= 15 is 0 Å². The molecule has 2 rings (SSSR count). The fourth-order valence-electron chi connectivity index (χ4n) is 2.61. The summed E-state index contributed by atoms with van der Waals surface area (Å²) in [7, 11) is 0. The number of carbonyl (C=O) groups excluding carboxylic acids is 1. The van der Waals surface area contributed by atoms with Crippen molar-refractivity contribution in [3.05, 3.63) is 57.0 Å². The lowest BCUT2D eigenvalue weighted by Gasteiger charge is -2.15. The second-order valence-corrected chi connectivity index (χ2v) is 6.69. The lowest BCUT2D eigenvalue weighted by Crippen LogP contribution is -2.37. The Bertz CT molecular complexity index is 784. The number of unbranched alkanes of at least 4 members (excludes halogenated alkanes) is 2. The Kier molecular flexibility index (Phi) is 6.76. The zero-order valence-electron chi connectivity index (χ0n) is 14.9. The summed E-state index contributed by atoms with van der Waals surface area (Å²) in [4.78, 5) is 24.7. The first kappa shape index (κ1) is 19.2. The van der Waals surface area contributed by atoms with Crippen LogP contribution in [0.2, 0.25) is 5.02 Å². The maximum Gasteiger partial charge on any atom is 0.276 e. The topological polar surface area (TPSA) is 64.0 Å². The lowest BCUT2D eigenvalue weighted by atomic mass is 10.1. The molecule has 0 aliphatic rings. The van der Waals surface area contributed by atoms with Crippen LogP contribution in [0.25, 0.3) is 5.69 Å². The Hall–Kier alpha value is -2.14. The highest BCUT2D eigenvalue weighted by Gasteiger charge is 2.17. The van der Waals surface area contributed by atoms with Crippen molar-refractivity contribution in [1.82, 2.24) is 15.1 Å². The summed E-state index contributed by atoms with van der Waals surface area (Å²) in [6, 6.07) is 8.50. The maximum absolute atomic E-state index is 12.4. The molecule has 0 fully saturated rings. The number of aromatic nitrogens is 2. The van der Waals surface area contributed by atoms with Crippen LogP contribution in [-0.4, -0.2) is 21.7 Å². The minimum atomic E-state index is -0.434. The van der Waals surface area contributed by atoms with Gasteiger partial charge in [-0.15, -0.1) is 0 Å². The third-order valence-corrected chi connectivity index (χ3v) is 4.26.